The summed E-state index contributed by atoms with van der Waals surface area (Å²) in [5.41, 5.74) is 7.43. The first-order valence-corrected chi connectivity index (χ1v) is 10.3. The molecule has 0 atom stereocenters. The van der Waals surface area contributed by atoms with Gasteiger partial charge in [-0.2, -0.15) is 5.10 Å². The Labute approximate surface area is 180 Å². The SMILES string of the molecule is Cc1cccc(CNC(=O)c2cnn(-c3ncc4c(n3)-c3ccccc3CC4)c2C)n1. The Bertz CT molecular complexity index is 1290. The number of fused-ring (bicyclic) bond motifs is 3. The summed E-state index contributed by atoms with van der Waals surface area (Å²) in [5, 5.41) is 7.31. The van der Waals surface area contributed by atoms with Crippen LogP contribution in [-0.2, 0) is 19.4 Å². The predicted molar refractivity (Wildman–Crippen MR) is 117 cm³/mol. The Morgan fingerprint density at radius 3 is 2.71 bits per heavy atom. The highest BCUT2D eigenvalue weighted by molar-refractivity contribution is 5.95. The topological polar surface area (TPSA) is 85.6 Å². The van der Waals surface area contributed by atoms with E-state index < -0.39 is 0 Å². The number of amides is 1. The fourth-order valence-corrected chi connectivity index (χ4v) is 3.95. The second kappa shape index (κ2) is 7.75. The van der Waals surface area contributed by atoms with Crippen molar-refractivity contribution in [3.63, 3.8) is 0 Å². The van der Waals surface area contributed by atoms with E-state index in [4.69, 9.17) is 4.98 Å². The standard InChI is InChI=1S/C24H22N6O/c1-15-6-5-8-19(28-15)13-25-23(31)21-14-27-30(16(21)2)24-26-12-18-11-10-17-7-3-4-9-20(17)22(18)29-24/h3-9,12,14H,10-11,13H2,1-2H3,(H,25,31). The van der Waals surface area contributed by atoms with Crippen LogP contribution in [0.4, 0.5) is 0 Å². The highest BCUT2D eigenvalue weighted by Gasteiger charge is 2.21. The molecule has 0 saturated heterocycles. The molecule has 1 aliphatic rings. The molecule has 31 heavy (non-hydrogen) atoms. The van der Waals surface area contributed by atoms with Gasteiger partial charge in [0.25, 0.3) is 11.9 Å². The molecule has 1 aliphatic carbocycles. The molecule has 7 heteroatoms. The minimum Gasteiger partial charge on any atom is -0.346 e. The Morgan fingerprint density at radius 1 is 1.00 bits per heavy atom. The van der Waals surface area contributed by atoms with Gasteiger partial charge in [0, 0.05) is 17.5 Å². The zero-order valence-electron chi connectivity index (χ0n) is 17.5. The maximum absolute atomic E-state index is 12.7. The highest BCUT2D eigenvalue weighted by Crippen LogP contribution is 2.31. The third kappa shape index (κ3) is 3.59. The fraction of sp³-hybridized carbons (Fsp3) is 0.208. The van der Waals surface area contributed by atoms with Crippen molar-refractivity contribution in [3.8, 4) is 17.2 Å². The summed E-state index contributed by atoms with van der Waals surface area (Å²) < 4.78 is 1.62. The van der Waals surface area contributed by atoms with Crippen LogP contribution >= 0.6 is 0 Å². The van der Waals surface area contributed by atoms with E-state index in [-0.39, 0.29) is 5.91 Å². The van der Waals surface area contributed by atoms with Crippen molar-refractivity contribution in [1.29, 1.82) is 0 Å². The number of pyridine rings is 1. The average Bonchev–Trinajstić information content (AvgIpc) is 3.18. The van der Waals surface area contributed by atoms with Crippen molar-refractivity contribution in [2.45, 2.75) is 33.2 Å². The van der Waals surface area contributed by atoms with Crippen LogP contribution in [0.2, 0.25) is 0 Å². The lowest BCUT2D eigenvalue weighted by Gasteiger charge is -2.18. The molecule has 3 heterocycles. The number of aromatic nitrogens is 5. The number of hydrogen-bond acceptors (Lipinski definition) is 5. The lowest BCUT2D eigenvalue weighted by molar-refractivity contribution is 0.0949. The first kappa shape index (κ1) is 19.1. The minimum atomic E-state index is -0.199. The summed E-state index contributed by atoms with van der Waals surface area (Å²) in [6.45, 7) is 4.14. The Kier molecular flexibility index (Phi) is 4.78. The zero-order chi connectivity index (χ0) is 21.4. The fourth-order valence-electron chi connectivity index (χ4n) is 3.95. The molecular formula is C24H22N6O. The zero-order valence-corrected chi connectivity index (χ0v) is 17.5. The van der Waals surface area contributed by atoms with Crippen LogP contribution in [-0.4, -0.2) is 30.6 Å². The van der Waals surface area contributed by atoms with Gasteiger partial charge >= 0.3 is 0 Å². The first-order chi connectivity index (χ1) is 15.1. The number of carbonyl (C=O) groups excluding carboxylic acids is 1. The molecule has 4 aromatic rings. The van der Waals surface area contributed by atoms with Gasteiger partial charge in [-0.1, -0.05) is 30.3 Å². The van der Waals surface area contributed by atoms with Gasteiger partial charge in [-0.15, -0.1) is 0 Å². The Morgan fingerprint density at radius 2 is 1.84 bits per heavy atom. The Balaban J connectivity index is 1.41. The number of carbonyl (C=O) groups is 1. The van der Waals surface area contributed by atoms with Crippen molar-refractivity contribution in [1.82, 2.24) is 30.0 Å². The molecule has 0 radical (unpaired) electrons. The number of nitrogens with zero attached hydrogens (tertiary/aromatic N) is 5. The molecule has 1 amide bonds. The van der Waals surface area contributed by atoms with Crippen LogP contribution in [0.5, 0.6) is 0 Å². The van der Waals surface area contributed by atoms with E-state index in [1.54, 1.807) is 10.9 Å². The van der Waals surface area contributed by atoms with Crippen LogP contribution in [0.3, 0.4) is 0 Å². The molecular weight excluding hydrogens is 388 g/mol. The third-order valence-electron chi connectivity index (χ3n) is 5.61. The van der Waals surface area contributed by atoms with E-state index in [9.17, 15) is 4.79 Å². The predicted octanol–water partition coefficient (Wildman–Crippen LogP) is 3.37. The van der Waals surface area contributed by atoms with Gasteiger partial charge in [0.15, 0.2) is 0 Å². The van der Waals surface area contributed by atoms with Gasteiger partial charge in [0.1, 0.15) is 0 Å². The van der Waals surface area contributed by atoms with Gasteiger partial charge in [0.05, 0.1) is 35.4 Å². The summed E-state index contributed by atoms with van der Waals surface area (Å²) in [6.07, 6.45) is 5.35. The van der Waals surface area contributed by atoms with Gasteiger partial charge in [-0.05, 0) is 49.9 Å². The molecule has 0 aliphatic heterocycles. The first-order valence-electron chi connectivity index (χ1n) is 10.3. The molecule has 7 nitrogen and oxygen atoms in total. The second-order valence-electron chi connectivity index (χ2n) is 7.71. The number of hydrogen-bond donors (Lipinski definition) is 1. The second-order valence-corrected chi connectivity index (χ2v) is 7.71. The van der Waals surface area contributed by atoms with E-state index >= 15 is 0 Å². The molecule has 1 aromatic carbocycles. The molecule has 5 rings (SSSR count). The number of benzene rings is 1. The maximum atomic E-state index is 12.7. The van der Waals surface area contributed by atoms with Gasteiger partial charge in [0.2, 0.25) is 0 Å². The molecule has 0 spiro atoms. The monoisotopic (exact) mass is 410 g/mol. The average molecular weight is 410 g/mol. The normalized spacial score (nSPS) is 12.2. The Hall–Kier alpha value is -3.87. The molecule has 1 N–H and O–H groups in total. The number of nitrogens with one attached hydrogen (secondary N) is 1. The summed E-state index contributed by atoms with van der Waals surface area (Å²) in [6, 6.07) is 14.1. The van der Waals surface area contributed by atoms with Crippen molar-refractivity contribution < 1.29 is 4.79 Å². The molecule has 0 fully saturated rings. The molecule has 0 unspecified atom stereocenters. The van der Waals surface area contributed by atoms with E-state index in [0.29, 0.717) is 23.8 Å². The van der Waals surface area contributed by atoms with E-state index in [1.165, 1.54) is 5.56 Å². The van der Waals surface area contributed by atoms with Gasteiger partial charge < -0.3 is 5.32 Å². The van der Waals surface area contributed by atoms with E-state index in [2.05, 4.69) is 38.6 Å². The summed E-state index contributed by atoms with van der Waals surface area (Å²) in [5.74, 6) is 0.266. The lowest BCUT2D eigenvalue weighted by atomic mass is 9.90. The largest absolute Gasteiger partial charge is 0.346 e. The van der Waals surface area contributed by atoms with Crippen molar-refractivity contribution in [2.75, 3.05) is 0 Å². The summed E-state index contributed by atoms with van der Waals surface area (Å²) >= 11 is 0. The number of rotatable bonds is 4. The quantitative estimate of drug-likeness (QED) is 0.558. The van der Waals surface area contributed by atoms with Crippen LogP contribution in [0.25, 0.3) is 17.2 Å². The number of aryl methyl sites for hydroxylation is 3. The van der Waals surface area contributed by atoms with E-state index in [1.807, 2.05) is 44.3 Å². The van der Waals surface area contributed by atoms with E-state index in [0.717, 1.165) is 41.1 Å². The van der Waals surface area contributed by atoms with Crippen molar-refractivity contribution >= 4 is 5.91 Å². The molecule has 3 aromatic heterocycles. The minimum absolute atomic E-state index is 0.199. The lowest BCUT2D eigenvalue weighted by Crippen LogP contribution is -2.24. The van der Waals surface area contributed by atoms with Gasteiger partial charge in [-0.25, -0.2) is 14.6 Å². The smallest absolute Gasteiger partial charge is 0.255 e. The van der Waals surface area contributed by atoms with Gasteiger partial charge in [-0.3, -0.25) is 9.78 Å². The van der Waals surface area contributed by atoms with Crippen molar-refractivity contribution in [2.24, 2.45) is 0 Å². The maximum Gasteiger partial charge on any atom is 0.255 e. The third-order valence-corrected chi connectivity index (χ3v) is 5.61. The van der Waals surface area contributed by atoms with Crippen LogP contribution < -0.4 is 5.32 Å². The van der Waals surface area contributed by atoms with Crippen LogP contribution in [0, 0.1) is 13.8 Å². The highest BCUT2D eigenvalue weighted by atomic mass is 16.1. The molecule has 0 saturated carbocycles. The molecule has 154 valence electrons. The van der Waals surface area contributed by atoms with Crippen molar-refractivity contribution in [3.05, 3.63) is 88.6 Å². The van der Waals surface area contributed by atoms with Crippen LogP contribution in [0.15, 0.2) is 54.9 Å². The summed E-state index contributed by atoms with van der Waals surface area (Å²) in [7, 11) is 0. The molecule has 0 bridgehead atoms. The summed E-state index contributed by atoms with van der Waals surface area (Å²) in [4.78, 5) is 26.5. The van der Waals surface area contributed by atoms with Crippen LogP contribution in [0.1, 0.15) is 38.6 Å².